The number of hydrogen-bond acceptors (Lipinski definition) is 1. The van der Waals surface area contributed by atoms with Crippen LogP contribution in [0, 0.1) is 0 Å². The van der Waals surface area contributed by atoms with Crippen LogP contribution in [0.4, 0.5) is 0 Å². The lowest BCUT2D eigenvalue weighted by molar-refractivity contribution is 2.20. The normalized spacial score (nSPS) is 57.2. The standard InChI is InChI=1S/CHP3S/c5-4-1-2-3(1)4/h1H. The van der Waals surface area contributed by atoms with Crippen LogP contribution < -0.4 is 0 Å². The molecule has 5 heavy (non-hydrogen) atoms. The molecule has 0 radical (unpaired) electrons. The van der Waals surface area contributed by atoms with E-state index < -0.39 is 0 Å². The fourth-order valence-electron chi connectivity index (χ4n) is 0.263. The highest BCUT2D eigenvalue weighted by Crippen LogP contribution is 2.87. The molecule has 3 atom stereocenters. The lowest BCUT2D eigenvalue weighted by Crippen LogP contribution is -1.28. The van der Waals surface area contributed by atoms with E-state index in [2.05, 4.69) is 0 Å². The summed E-state index contributed by atoms with van der Waals surface area (Å²) in [6.45, 7) is 0.587. The van der Waals surface area contributed by atoms with Crippen LogP contribution in [0.1, 0.15) is 0 Å². The largest absolute Gasteiger partial charge is 0.102 e. The van der Waals surface area contributed by atoms with Crippen molar-refractivity contribution in [3.63, 3.8) is 0 Å². The van der Waals surface area contributed by atoms with Crippen molar-refractivity contribution in [3.8, 4) is 0 Å². The Hall–Kier alpha value is 1.12. The molecular weight excluding hydrogens is 137 g/mol. The van der Waals surface area contributed by atoms with Crippen molar-refractivity contribution in [1.82, 2.24) is 0 Å². The summed E-state index contributed by atoms with van der Waals surface area (Å²) in [5.41, 5.74) is 0. The first-order valence-corrected chi connectivity index (χ1v) is 7.57. The average Bonchev–Trinajstić information content (AvgIpc) is 2.11. The molecule has 0 saturated heterocycles. The summed E-state index contributed by atoms with van der Waals surface area (Å²) in [7, 11) is 1.75. The maximum Gasteiger partial charge on any atom is 0.102 e. The predicted octanol–water partition coefficient (Wildman–Crippen LogP) is 2.50. The molecule has 4 heteroatoms. The van der Waals surface area contributed by atoms with Crippen LogP contribution in [0.3, 0.4) is 0 Å². The van der Waals surface area contributed by atoms with Crippen molar-refractivity contribution in [2.45, 2.75) is 5.14 Å². The first kappa shape index (κ1) is 3.16. The molecule has 3 unspecified atom stereocenters. The van der Waals surface area contributed by atoms with Crippen LogP contribution in [0.15, 0.2) is 0 Å². The third kappa shape index (κ3) is 0.290. The summed E-state index contributed by atoms with van der Waals surface area (Å²) in [5, 5.41) is 1.13. The van der Waals surface area contributed by atoms with Gasteiger partial charge in [-0.2, -0.15) is 0 Å². The van der Waals surface area contributed by atoms with Gasteiger partial charge in [-0.25, -0.2) is 0 Å². The maximum absolute atomic E-state index is 4.99. The minimum atomic E-state index is 0.301. The van der Waals surface area contributed by atoms with Crippen molar-refractivity contribution >= 4 is 32.2 Å². The Morgan fingerprint density at radius 1 is 1.80 bits per heavy atom. The first-order chi connectivity index (χ1) is 2.39. The lowest BCUT2D eigenvalue weighted by Gasteiger charge is -1.49. The summed E-state index contributed by atoms with van der Waals surface area (Å²) < 4.78 is 0. The Bertz CT molecular complexity index is 195. The van der Waals surface area contributed by atoms with Gasteiger partial charge in [0.25, 0.3) is 0 Å². The van der Waals surface area contributed by atoms with Crippen LogP contribution in [-0.4, -0.2) is 5.14 Å². The van der Waals surface area contributed by atoms with E-state index in [4.69, 9.17) is 11.8 Å². The summed E-state index contributed by atoms with van der Waals surface area (Å²) in [5.74, 6) is 0.301. The minimum Gasteiger partial charge on any atom is -0.0565 e. The van der Waals surface area contributed by atoms with Crippen LogP contribution in [-0.2, 0) is 11.8 Å². The van der Waals surface area contributed by atoms with E-state index in [9.17, 15) is 0 Å². The van der Waals surface area contributed by atoms with E-state index >= 15 is 0 Å². The molecule has 2 heterocycles. The molecule has 0 aromatic heterocycles. The highest BCUT2D eigenvalue weighted by atomic mass is 32.6. The molecule has 2 rings (SSSR count). The minimum absolute atomic E-state index is 0.301. The number of rotatable bonds is 0. The van der Waals surface area contributed by atoms with Crippen LogP contribution >= 0.6 is 20.3 Å². The Balaban J connectivity index is 3.35. The van der Waals surface area contributed by atoms with E-state index in [0.29, 0.717) is 12.5 Å². The van der Waals surface area contributed by atoms with Gasteiger partial charge in [-0.3, -0.25) is 0 Å². The van der Waals surface area contributed by atoms with Crippen molar-refractivity contribution in [1.29, 1.82) is 0 Å². The second kappa shape index (κ2) is 0.703. The molecule has 0 aromatic carbocycles. The molecule has 0 fully saturated rings. The van der Waals surface area contributed by atoms with Gasteiger partial charge in [0, 0.05) is 0 Å². The summed E-state index contributed by atoms with van der Waals surface area (Å²) in [6, 6.07) is 0. The van der Waals surface area contributed by atoms with Crippen molar-refractivity contribution < 1.29 is 0 Å². The van der Waals surface area contributed by atoms with E-state index in [-0.39, 0.29) is 0 Å². The van der Waals surface area contributed by atoms with Gasteiger partial charge < -0.3 is 0 Å². The molecule has 0 N–H and O–H groups in total. The third-order valence-electron chi connectivity index (χ3n) is 0.719. The molecule has 0 nitrogen and oxygen atoms in total. The molecule has 0 amide bonds. The van der Waals surface area contributed by atoms with Crippen molar-refractivity contribution in [3.05, 3.63) is 0 Å². The molecule has 0 spiro atoms. The third-order valence-corrected chi connectivity index (χ3v) is 17.2. The van der Waals surface area contributed by atoms with E-state index in [1.807, 2.05) is 0 Å². The zero-order chi connectivity index (χ0) is 3.44. The zero-order valence-corrected chi connectivity index (χ0v) is 5.83. The van der Waals surface area contributed by atoms with Gasteiger partial charge in [-0.15, -0.1) is 0 Å². The number of hydrogen-bond donors (Lipinski definition) is 0. The Morgan fingerprint density at radius 2 is 2.20 bits per heavy atom. The molecule has 0 bridgehead atoms. The first-order valence-electron chi connectivity index (χ1n) is 1.36. The Labute approximate surface area is 37.9 Å². The van der Waals surface area contributed by atoms with Gasteiger partial charge in [-0.1, -0.05) is 19.7 Å². The highest BCUT2D eigenvalue weighted by molar-refractivity contribution is 8.56. The molecule has 2 aliphatic heterocycles. The van der Waals surface area contributed by atoms with Crippen LogP contribution in [0.25, 0.3) is 0 Å². The molecule has 26 valence electrons. The maximum atomic E-state index is 4.99. The van der Waals surface area contributed by atoms with E-state index in [0.717, 1.165) is 5.14 Å². The molecule has 0 aromatic rings. The molecule has 0 saturated carbocycles. The lowest BCUT2D eigenvalue weighted by atomic mass is 11.9. The van der Waals surface area contributed by atoms with Crippen LogP contribution in [0.5, 0.6) is 0 Å². The quantitative estimate of drug-likeness (QED) is 0.463. The van der Waals surface area contributed by atoms with Gasteiger partial charge >= 0.3 is 0 Å². The second-order valence-electron chi connectivity index (χ2n) is 1.08. The summed E-state index contributed by atoms with van der Waals surface area (Å²) >= 11 is 4.99. The van der Waals surface area contributed by atoms with Gasteiger partial charge in [0.1, 0.15) is 5.14 Å². The summed E-state index contributed by atoms with van der Waals surface area (Å²) in [6.07, 6.45) is 0. The highest BCUT2D eigenvalue weighted by Gasteiger charge is 2.34. The van der Waals surface area contributed by atoms with Crippen molar-refractivity contribution in [2.24, 2.45) is 0 Å². The van der Waals surface area contributed by atoms with Gasteiger partial charge in [0.2, 0.25) is 0 Å². The van der Waals surface area contributed by atoms with E-state index in [1.165, 1.54) is 0 Å². The zero-order valence-electron chi connectivity index (χ0n) is 2.33. The van der Waals surface area contributed by atoms with Crippen LogP contribution in [0.2, 0.25) is 0 Å². The molecular formula is CHP3S. The predicted molar refractivity (Wildman–Crippen MR) is 31.9 cm³/mol. The number of fused-ring (bicyclic) bond motifs is 1. The summed E-state index contributed by atoms with van der Waals surface area (Å²) in [4.78, 5) is 0. The Kier molecular flexibility index (Phi) is 0.445. The fraction of sp³-hybridized carbons (Fsp3) is 1.00. The van der Waals surface area contributed by atoms with Gasteiger partial charge in [0.05, 0.1) is 0 Å². The Morgan fingerprint density at radius 3 is 2.20 bits per heavy atom. The smallest absolute Gasteiger partial charge is 0.0565 e. The fourth-order valence-corrected chi connectivity index (χ4v) is 15.3. The van der Waals surface area contributed by atoms with Crippen molar-refractivity contribution in [2.75, 3.05) is 0 Å². The second-order valence-corrected chi connectivity index (χ2v) is 12.8. The topological polar surface area (TPSA) is 0 Å². The van der Waals surface area contributed by atoms with E-state index in [1.54, 1.807) is 7.87 Å². The van der Waals surface area contributed by atoms with Gasteiger partial charge in [0.15, 0.2) is 0 Å². The average molecular weight is 138 g/mol. The SMILES string of the molecule is S=P1=P2=PC12. The molecule has 0 aliphatic carbocycles. The monoisotopic (exact) mass is 138 g/mol. The molecule has 2 aliphatic rings. The van der Waals surface area contributed by atoms with Gasteiger partial charge in [-0.05, 0) is 12.5 Å².